The van der Waals surface area contributed by atoms with Gasteiger partial charge in [-0.25, -0.2) is 0 Å². The molecule has 1 aliphatic heterocycles. The van der Waals surface area contributed by atoms with Crippen LogP contribution in [0.1, 0.15) is 27.2 Å². The van der Waals surface area contributed by atoms with Crippen molar-refractivity contribution in [1.82, 2.24) is 0 Å². The zero-order chi connectivity index (χ0) is 7.28. The lowest BCUT2D eigenvalue weighted by atomic mass is 10.3. The summed E-state index contributed by atoms with van der Waals surface area (Å²) in [6.45, 7) is 6.92. The van der Waals surface area contributed by atoms with Crippen molar-refractivity contribution in [3.63, 3.8) is 0 Å². The topological polar surface area (TPSA) is 9.23 Å². The Hall–Kier alpha value is 0.310. The summed E-state index contributed by atoms with van der Waals surface area (Å²) in [6, 6.07) is 0. The molecule has 2 unspecified atom stereocenters. The molecule has 0 aromatic carbocycles. The third kappa shape index (κ3) is 3.82. The fourth-order valence-corrected chi connectivity index (χ4v) is 1.18. The van der Waals surface area contributed by atoms with E-state index < -0.39 is 0 Å². The molecule has 0 aromatic rings. The van der Waals surface area contributed by atoms with E-state index in [1.165, 1.54) is 0 Å². The third-order valence-electron chi connectivity index (χ3n) is 1.18. The summed E-state index contributed by atoms with van der Waals surface area (Å²) in [5, 5.41) is 0.495. The lowest BCUT2D eigenvalue weighted by Crippen LogP contribution is -1.95. The van der Waals surface area contributed by atoms with E-state index in [0.29, 0.717) is 11.4 Å². The molecule has 0 bridgehead atoms. The normalized spacial score (nSPS) is 33.3. The van der Waals surface area contributed by atoms with E-state index in [0.717, 1.165) is 13.0 Å². The highest BCUT2D eigenvalue weighted by Crippen LogP contribution is 2.16. The molecular formula is C7H16OS. The molecule has 2 atom stereocenters. The van der Waals surface area contributed by atoms with E-state index in [1.807, 2.05) is 13.8 Å². The quantitative estimate of drug-likeness (QED) is 0.518. The summed E-state index contributed by atoms with van der Waals surface area (Å²) in [5.41, 5.74) is 0. The summed E-state index contributed by atoms with van der Waals surface area (Å²) in [4.78, 5) is 0. The number of hydrogen-bond acceptors (Lipinski definition) is 2. The van der Waals surface area contributed by atoms with Crippen LogP contribution in [0, 0.1) is 0 Å². The Balaban J connectivity index is 0.000000291. The molecule has 2 heteroatoms. The predicted octanol–water partition coefficient (Wildman–Crippen LogP) is 2.12. The molecule has 0 amide bonds. The van der Waals surface area contributed by atoms with Crippen LogP contribution in [0.25, 0.3) is 0 Å². The molecule has 0 saturated carbocycles. The van der Waals surface area contributed by atoms with Crippen LogP contribution >= 0.6 is 12.6 Å². The van der Waals surface area contributed by atoms with Crippen LogP contribution in [-0.4, -0.2) is 18.0 Å². The van der Waals surface area contributed by atoms with Crippen LogP contribution in [0.3, 0.4) is 0 Å². The van der Waals surface area contributed by atoms with Gasteiger partial charge in [0.2, 0.25) is 0 Å². The predicted molar refractivity (Wildman–Crippen MR) is 44.2 cm³/mol. The minimum Gasteiger partial charge on any atom is -0.377 e. The molecule has 1 saturated heterocycles. The van der Waals surface area contributed by atoms with Gasteiger partial charge in [-0.3, -0.25) is 0 Å². The van der Waals surface area contributed by atoms with E-state index in [2.05, 4.69) is 19.6 Å². The van der Waals surface area contributed by atoms with Gasteiger partial charge in [-0.15, -0.1) is 0 Å². The van der Waals surface area contributed by atoms with Gasteiger partial charge in [0.15, 0.2) is 0 Å². The van der Waals surface area contributed by atoms with E-state index >= 15 is 0 Å². The van der Waals surface area contributed by atoms with Crippen LogP contribution in [-0.2, 0) is 4.74 Å². The van der Waals surface area contributed by atoms with Gasteiger partial charge in [-0.2, -0.15) is 12.6 Å². The highest BCUT2D eigenvalue weighted by atomic mass is 32.1. The van der Waals surface area contributed by atoms with Crippen molar-refractivity contribution in [3.05, 3.63) is 0 Å². The van der Waals surface area contributed by atoms with Crippen molar-refractivity contribution in [2.45, 2.75) is 38.5 Å². The van der Waals surface area contributed by atoms with Gasteiger partial charge in [0.05, 0.1) is 12.7 Å². The Morgan fingerprint density at radius 1 is 1.44 bits per heavy atom. The van der Waals surface area contributed by atoms with Crippen molar-refractivity contribution in [2.24, 2.45) is 0 Å². The largest absolute Gasteiger partial charge is 0.377 e. The van der Waals surface area contributed by atoms with E-state index in [9.17, 15) is 0 Å². The molecule has 0 spiro atoms. The van der Waals surface area contributed by atoms with Gasteiger partial charge in [-0.1, -0.05) is 13.8 Å². The first-order valence-corrected chi connectivity index (χ1v) is 4.10. The Morgan fingerprint density at radius 2 is 2.00 bits per heavy atom. The standard InChI is InChI=1S/C5H10OS.C2H6/c1-4-2-5(7)3-6-4;1-2/h4-5,7H,2-3H2,1H3;1-2H3. The second-order valence-electron chi connectivity index (χ2n) is 2.03. The minimum absolute atomic E-state index is 0.447. The summed E-state index contributed by atoms with van der Waals surface area (Å²) in [7, 11) is 0. The maximum atomic E-state index is 5.19. The van der Waals surface area contributed by atoms with Gasteiger partial charge >= 0.3 is 0 Å². The highest BCUT2D eigenvalue weighted by molar-refractivity contribution is 7.81. The van der Waals surface area contributed by atoms with Gasteiger partial charge < -0.3 is 4.74 Å². The Bertz CT molecular complexity index is 57.9. The van der Waals surface area contributed by atoms with Crippen LogP contribution in [0.4, 0.5) is 0 Å². The fourth-order valence-electron chi connectivity index (χ4n) is 0.795. The van der Waals surface area contributed by atoms with Crippen molar-refractivity contribution < 1.29 is 4.74 Å². The first-order valence-electron chi connectivity index (χ1n) is 3.58. The first kappa shape index (κ1) is 9.31. The number of rotatable bonds is 0. The Labute approximate surface area is 63.2 Å². The van der Waals surface area contributed by atoms with Crippen LogP contribution < -0.4 is 0 Å². The first-order chi connectivity index (χ1) is 4.29. The summed E-state index contributed by atoms with van der Waals surface area (Å²) in [6.07, 6.45) is 1.56. The molecule has 1 rings (SSSR count). The molecule has 1 fully saturated rings. The van der Waals surface area contributed by atoms with Gasteiger partial charge in [0.25, 0.3) is 0 Å². The molecule has 1 nitrogen and oxygen atoms in total. The lowest BCUT2D eigenvalue weighted by molar-refractivity contribution is 0.126. The van der Waals surface area contributed by atoms with E-state index in [-0.39, 0.29) is 0 Å². The molecule has 56 valence electrons. The third-order valence-corrected chi connectivity index (χ3v) is 1.54. The zero-order valence-electron chi connectivity index (χ0n) is 6.42. The fraction of sp³-hybridized carbons (Fsp3) is 1.00. The number of thiol groups is 1. The maximum Gasteiger partial charge on any atom is 0.0587 e. The second kappa shape index (κ2) is 5.12. The highest BCUT2D eigenvalue weighted by Gasteiger charge is 2.17. The average molecular weight is 148 g/mol. The Kier molecular flexibility index (Phi) is 5.30. The molecule has 0 aromatic heterocycles. The van der Waals surface area contributed by atoms with Crippen molar-refractivity contribution >= 4 is 12.6 Å². The van der Waals surface area contributed by atoms with Crippen molar-refractivity contribution in [1.29, 1.82) is 0 Å². The molecule has 0 N–H and O–H groups in total. The molecule has 1 heterocycles. The summed E-state index contributed by atoms with van der Waals surface area (Å²) < 4.78 is 5.19. The monoisotopic (exact) mass is 148 g/mol. The minimum atomic E-state index is 0.447. The zero-order valence-corrected chi connectivity index (χ0v) is 7.32. The van der Waals surface area contributed by atoms with Crippen LogP contribution in [0.5, 0.6) is 0 Å². The molecular weight excluding hydrogens is 132 g/mol. The van der Waals surface area contributed by atoms with Gasteiger partial charge in [0.1, 0.15) is 0 Å². The van der Waals surface area contributed by atoms with Crippen molar-refractivity contribution in [3.8, 4) is 0 Å². The van der Waals surface area contributed by atoms with E-state index in [4.69, 9.17) is 4.74 Å². The summed E-state index contributed by atoms with van der Waals surface area (Å²) in [5.74, 6) is 0. The lowest BCUT2D eigenvalue weighted by Gasteiger charge is -1.94. The summed E-state index contributed by atoms with van der Waals surface area (Å²) >= 11 is 4.23. The van der Waals surface area contributed by atoms with Crippen LogP contribution in [0.2, 0.25) is 0 Å². The Morgan fingerprint density at radius 3 is 2.11 bits per heavy atom. The number of hydrogen-bond donors (Lipinski definition) is 1. The average Bonchev–Trinajstić information content (AvgIpc) is 2.20. The van der Waals surface area contributed by atoms with Crippen molar-refractivity contribution in [2.75, 3.05) is 6.61 Å². The smallest absolute Gasteiger partial charge is 0.0587 e. The van der Waals surface area contributed by atoms with Crippen LogP contribution in [0.15, 0.2) is 0 Å². The van der Waals surface area contributed by atoms with Gasteiger partial charge in [-0.05, 0) is 13.3 Å². The molecule has 0 radical (unpaired) electrons. The molecule has 9 heavy (non-hydrogen) atoms. The molecule has 1 aliphatic rings. The van der Waals surface area contributed by atoms with Gasteiger partial charge in [0, 0.05) is 5.25 Å². The van der Waals surface area contributed by atoms with E-state index in [1.54, 1.807) is 0 Å². The number of ether oxygens (including phenoxy) is 1. The second-order valence-corrected chi connectivity index (χ2v) is 2.76. The SMILES string of the molecule is CC.CC1CC(S)CO1. The maximum absolute atomic E-state index is 5.19. The molecule has 0 aliphatic carbocycles.